The highest BCUT2D eigenvalue weighted by Gasteiger charge is 2.02. The molecular formula is C13H16O2. The van der Waals surface area contributed by atoms with E-state index < -0.39 is 0 Å². The second-order valence-electron chi connectivity index (χ2n) is 3.28. The Bertz CT molecular complexity index is 304. The van der Waals surface area contributed by atoms with Gasteiger partial charge < -0.3 is 4.74 Å². The topological polar surface area (TPSA) is 26.3 Å². The van der Waals surface area contributed by atoms with Crippen LogP contribution in [0.4, 0.5) is 0 Å². The van der Waals surface area contributed by atoms with Gasteiger partial charge in [-0.2, -0.15) is 0 Å². The number of hydrogen-bond acceptors (Lipinski definition) is 2. The van der Waals surface area contributed by atoms with Gasteiger partial charge in [0.1, 0.15) is 0 Å². The van der Waals surface area contributed by atoms with Gasteiger partial charge in [0.25, 0.3) is 0 Å². The van der Waals surface area contributed by atoms with Gasteiger partial charge in [-0.3, -0.25) is 4.79 Å². The molecule has 0 aliphatic heterocycles. The van der Waals surface area contributed by atoms with Gasteiger partial charge in [-0.1, -0.05) is 36.4 Å². The molecule has 0 radical (unpaired) electrons. The molecule has 2 nitrogen and oxygen atoms in total. The fourth-order valence-electron chi connectivity index (χ4n) is 1.22. The second kappa shape index (κ2) is 6.82. The van der Waals surface area contributed by atoms with E-state index >= 15 is 0 Å². The molecular weight excluding hydrogens is 190 g/mol. The molecule has 1 aromatic carbocycles. The molecule has 2 heteroatoms. The van der Waals surface area contributed by atoms with Crippen molar-refractivity contribution in [3.8, 4) is 0 Å². The Kier molecular flexibility index (Phi) is 5.23. The Morgan fingerprint density at radius 3 is 2.73 bits per heavy atom. The van der Waals surface area contributed by atoms with Gasteiger partial charge in [-0.05, 0) is 18.4 Å². The fraction of sp³-hybridized carbons (Fsp3) is 0.308. The van der Waals surface area contributed by atoms with Gasteiger partial charge in [0, 0.05) is 6.42 Å². The quantitative estimate of drug-likeness (QED) is 0.309. The number of carbonyl (C=O) groups is 1. The number of rotatable bonds is 6. The monoisotopic (exact) mass is 206 g/mol. The maximum Gasteiger partial charge on any atom is 0.306 e. The summed E-state index contributed by atoms with van der Waals surface area (Å²) in [6.45, 7) is 4.00. The molecule has 0 saturated heterocycles. The van der Waals surface area contributed by atoms with Crippen molar-refractivity contribution in [2.24, 2.45) is 0 Å². The van der Waals surface area contributed by atoms with E-state index in [1.165, 1.54) is 0 Å². The zero-order valence-corrected chi connectivity index (χ0v) is 8.82. The highest BCUT2D eigenvalue weighted by Crippen LogP contribution is 2.03. The van der Waals surface area contributed by atoms with Crippen molar-refractivity contribution >= 4 is 5.97 Å². The molecule has 0 saturated carbocycles. The Labute approximate surface area is 90.6 Å². The molecule has 0 fully saturated rings. The van der Waals surface area contributed by atoms with E-state index in [2.05, 4.69) is 6.58 Å². The minimum absolute atomic E-state index is 0.138. The van der Waals surface area contributed by atoms with Crippen molar-refractivity contribution in [2.75, 3.05) is 6.61 Å². The second-order valence-corrected chi connectivity index (χ2v) is 3.28. The number of aryl methyl sites for hydroxylation is 1. The van der Waals surface area contributed by atoms with Gasteiger partial charge in [0.2, 0.25) is 0 Å². The van der Waals surface area contributed by atoms with Crippen LogP contribution in [-0.4, -0.2) is 12.6 Å². The van der Waals surface area contributed by atoms with Crippen molar-refractivity contribution in [2.45, 2.75) is 19.3 Å². The van der Waals surface area contributed by atoms with Crippen molar-refractivity contribution in [1.29, 1.82) is 0 Å². The van der Waals surface area contributed by atoms with E-state index in [9.17, 15) is 4.79 Å². The summed E-state index contributed by atoms with van der Waals surface area (Å²) in [4.78, 5) is 11.2. The number of carbonyl (C=O) groups excluding carboxylic acids is 1. The van der Waals surface area contributed by atoms with E-state index in [0.717, 1.165) is 18.4 Å². The number of benzene rings is 1. The lowest BCUT2D eigenvalue weighted by Crippen LogP contribution is -2.06. The third-order valence-electron chi connectivity index (χ3n) is 2.05. The Morgan fingerprint density at radius 1 is 1.33 bits per heavy atom. The molecule has 0 amide bonds. The molecule has 0 heterocycles. The molecule has 0 unspecified atom stereocenters. The predicted octanol–water partition coefficient (Wildman–Crippen LogP) is 2.74. The Hall–Kier alpha value is -1.57. The highest BCUT2D eigenvalue weighted by atomic mass is 18.1. The largest absolute Gasteiger partial charge is 0.465 e. The van der Waals surface area contributed by atoms with Crippen LogP contribution in [0.3, 0.4) is 0 Å². The lowest BCUT2D eigenvalue weighted by molar-refractivity contribution is -0.143. The molecule has 0 aliphatic rings. The van der Waals surface area contributed by atoms with E-state index in [0.29, 0.717) is 13.0 Å². The SMILES string of the molecule is C=CCCOC(=[18O])CCc1ccccc1. The predicted molar refractivity (Wildman–Crippen MR) is 60.5 cm³/mol. The zero-order valence-electron chi connectivity index (χ0n) is 8.82. The average molecular weight is 206 g/mol. The minimum atomic E-state index is -0.138. The van der Waals surface area contributed by atoms with Crippen molar-refractivity contribution < 1.29 is 9.53 Å². The van der Waals surface area contributed by atoms with Crippen LogP contribution in [-0.2, 0) is 16.0 Å². The zero-order chi connectivity index (χ0) is 10.9. The van der Waals surface area contributed by atoms with Crippen LogP contribution in [0.25, 0.3) is 0 Å². The third kappa shape index (κ3) is 5.01. The molecule has 0 aromatic heterocycles. The van der Waals surface area contributed by atoms with Crippen LogP contribution in [0.2, 0.25) is 0 Å². The summed E-state index contributed by atoms with van der Waals surface area (Å²) in [5.41, 5.74) is 1.16. The van der Waals surface area contributed by atoms with Gasteiger partial charge in [0.15, 0.2) is 0 Å². The van der Waals surface area contributed by atoms with Gasteiger partial charge in [-0.15, -0.1) is 6.58 Å². The first-order valence-corrected chi connectivity index (χ1v) is 5.13. The molecule has 0 spiro atoms. The molecule has 15 heavy (non-hydrogen) atoms. The van der Waals surface area contributed by atoms with Crippen LogP contribution in [0, 0.1) is 0 Å². The highest BCUT2D eigenvalue weighted by molar-refractivity contribution is 5.69. The standard InChI is InChI=1S/C13H16O2/c1-2-3-11-15-13(14)10-9-12-7-5-4-6-8-12/h2,4-8H,1,3,9-11H2/i14+2. The van der Waals surface area contributed by atoms with Crippen molar-refractivity contribution in [3.63, 3.8) is 0 Å². The number of hydrogen-bond donors (Lipinski definition) is 0. The molecule has 0 aliphatic carbocycles. The van der Waals surface area contributed by atoms with E-state index in [-0.39, 0.29) is 5.97 Å². The molecule has 0 N–H and O–H groups in total. The van der Waals surface area contributed by atoms with Gasteiger partial charge in [-0.25, -0.2) is 0 Å². The fourth-order valence-corrected chi connectivity index (χ4v) is 1.22. The first-order chi connectivity index (χ1) is 7.33. The van der Waals surface area contributed by atoms with E-state index in [4.69, 9.17) is 4.74 Å². The summed E-state index contributed by atoms with van der Waals surface area (Å²) in [6, 6.07) is 9.93. The Morgan fingerprint density at radius 2 is 2.07 bits per heavy atom. The summed E-state index contributed by atoms with van der Waals surface area (Å²) in [5.74, 6) is -0.138. The molecule has 80 valence electrons. The first kappa shape index (κ1) is 11.5. The van der Waals surface area contributed by atoms with Crippen LogP contribution in [0.15, 0.2) is 43.0 Å². The number of esters is 1. The van der Waals surface area contributed by atoms with Crippen LogP contribution < -0.4 is 0 Å². The summed E-state index contributed by atoms with van der Waals surface area (Å²) < 4.78 is 4.99. The van der Waals surface area contributed by atoms with E-state index in [1.54, 1.807) is 6.08 Å². The van der Waals surface area contributed by atoms with Crippen LogP contribution in [0.5, 0.6) is 0 Å². The lowest BCUT2D eigenvalue weighted by Gasteiger charge is -2.02. The maximum atomic E-state index is 11.2. The molecule has 1 rings (SSSR count). The van der Waals surface area contributed by atoms with Gasteiger partial charge in [0.05, 0.1) is 6.61 Å². The molecule has 0 atom stereocenters. The number of ether oxygens (including phenoxy) is 1. The normalized spacial score (nSPS) is 9.60. The van der Waals surface area contributed by atoms with Crippen molar-refractivity contribution in [1.82, 2.24) is 0 Å². The van der Waals surface area contributed by atoms with Crippen LogP contribution in [0.1, 0.15) is 18.4 Å². The summed E-state index contributed by atoms with van der Waals surface area (Å²) in [5, 5.41) is 0. The third-order valence-corrected chi connectivity index (χ3v) is 2.05. The maximum absolute atomic E-state index is 11.2. The first-order valence-electron chi connectivity index (χ1n) is 5.13. The van der Waals surface area contributed by atoms with Crippen LogP contribution >= 0.6 is 0 Å². The summed E-state index contributed by atoms with van der Waals surface area (Å²) in [7, 11) is 0. The smallest absolute Gasteiger partial charge is 0.306 e. The molecule has 0 bridgehead atoms. The van der Waals surface area contributed by atoms with Crippen molar-refractivity contribution in [3.05, 3.63) is 48.6 Å². The lowest BCUT2D eigenvalue weighted by atomic mass is 10.1. The average Bonchev–Trinajstić information content (AvgIpc) is 2.28. The molecule has 1 aromatic rings. The van der Waals surface area contributed by atoms with E-state index in [1.807, 2.05) is 30.3 Å². The summed E-state index contributed by atoms with van der Waals surface area (Å²) >= 11 is 0. The van der Waals surface area contributed by atoms with Gasteiger partial charge >= 0.3 is 5.97 Å². The Balaban J connectivity index is 2.20. The summed E-state index contributed by atoms with van der Waals surface area (Å²) in [6.07, 6.45) is 3.65. The minimum Gasteiger partial charge on any atom is -0.465 e.